The molecule has 1 aliphatic heterocycles. The molecule has 0 atom stereocenters. The number of aromatic carboxylic acids is 1. The van der Waals surface area contributed by atoms with Crippen LogP contribution >= 0.6 is 56.9 Å². The highest BCUT2D eigenvalue weighted by Gasteiger charge is 2.32. The molecular formula is C20H16I2N2O4S. The molecule has 2 aromatic rings. The van der Waals surface area contributed by atoms with Gasteiger partial charge in [0.25, 0.3) is 5.91 Å². The molecule has 3 rings (SSSR count). The maximum absolute atomic E-state index is 12.9. The molecule has 0 aliphatic carbocycles. The number of likely N-dealkylation sites (N-methyl/N-ethyl adjacent to an activating group) is 1. The number of carboxylic acids is 1. The number of halogens is 2. The van der Waals surface area contributed by atoms with Crippen molar-refractivity contribution in [3.05, 3.63) is 59.6 Å². The monoisotopic (exact) mass is 634 g/mol. The lowest BCUT2D eigenvalue weighted by atomic mass is 10.2. The van der Waals surface area contributed by atoms with Crippen LogP contribution in [0.3, 0.4) is 0 Å². The van der Waals surface area contributed by atoms with E-state index in [1.807, 2.05) is 25.1 Å². The summed E-state index contributed by atoms with van der Waals surface area (Å²) < 4.78 is 7.52. The zero-order chi connectivity index (χ0) is 21.1. The van der Waals surface area contributed by atoms with Crippen molar-refractivity contribution in [3.63, 3.8) is 0 Å². The first-order chi connectivity index (χ1) is 13.8. The van der Waals surface area contributed by atoms with Crippen LogP contribution in [-0.4, -0.2) is 40.7 Å². The second-order valence-electron chi connectivity index (χ2n) is 5.92. The Morgan fingerprint density at radius 3 is 2.72 bits per heavy atom. The molecule has 1 heterocycles. The number of methoxy groups -OCH3 is 1. The molecular weight excluding hydrogens is 618 g/mol. The highest BCUT2D eigenvalue weighted by atomic mass is 127. The average molecular weight is 634 g/mol. The number of amidine groups is 1. The number of amides is 1. The van der Waals surface area contributed by atoms with Crippen LogP contribution in [0.1, 0.15) is 22.8 Å². The minimum atomic E-state index is -1.02. The number of nitrogens with zero attached hydrogens (tertiary/aromatic N) is 2. The smallest absolute Gasteiger partial charge is 0.335 e. The molecule has 1 N–H and O–H groups in total. The van der Waals surface area contributed by atoms with Gasteiger partial charge in [0, 0.05) is 15.7 Å². The lowest BCUT2D eigenvalue weighted by Crippen LogP contribution is -2.28. The fourth-order valence-electron chi connectivity index (χ4n) is 2.73. The van der Waals surface area contributed by atoms with Gasteiger partial charge in [-0.2, -0.15) is 0 Å². The van der Waals surface area contributed by atoms with Gasteiger partial charge in [-0.15, -0.1) is 0 Å². The number of carbonyl (C=O) groups is 2. The fourth-order valence-corrected chi connectivity index (χ4v) is 5.90. The van der Waals surface area contributed by atoms with E-state index in [-0.39, 0.29) is 11.5 Å². The molecule has 2 aromatic carbocycles. The van der Waals surface area contributed by atoms with Gasteiger partial charge in [0.15, 0.2) is 5.17 Å². The summed E-state index contributed by atoms with van der Waals surface area (Å²) in [6.07, 6.45) is 1.81. The van der Waals surface area contributed by atoms with E-state index in [0.717, 1.165) is 18.5 Å². The predicted octanol–water partition coefficient (Wildman–Crippen LogP) is 5.23. The van der Waals surface area contributed by atoms with Crippen molar-refractivity contribution in [2.24, 2.45) is 4.99 Å². The van der Waals surface area contributed by atoms with Gasteiger partial charge in [-0.1, -0.05) is 6.07 Å². The van der Waals surface area contributed by atoms with Crippen molar-refractivity contribution < 1.29 is 19.4 Å². The molecule has 6 nitrogen and oxygen atoms in total. The van der Waals surface area contributed by atoms with Crippen molar-refractivity contribution in [1.29, 1.82) is 0 Å². The zero-order valence-corrected chi connectivity index (χ0v) is 20.6. The average Bonchev–Trinajstić information content (AvgIpc) is 2.96. The SMILES string of the molecule is CCN1C(=O)/C(=C/c2cc(I)cc(I)c2OC)SC1=Nc1cccc(C(=O)O)c1. The van der Waals surface area contributed by atoms with E-state index in [1.54, 1.807) is 24.1 Å². The van der Waals surface area contributed by atoms with Crippen LogP contribution in [0.4, 0.5) is 5.69 Å². The molecule has 29 heavy (non-hydrogen) atoms. The van der Waals surface area contributed by atoms with Crippen molar-refractivity contribution in [2.75, 3.05) is 13.7 Å². The van der Waals surface area contributed by atoms with Crippen LogP contribution < -0.4 is 4.74 Å². The van der Waals surface area contributed by atoms with Gasteiger partial charge >= 0.3 is 5.97 Å². The molecule has 0 spiro atoms. The summed E-state index contributed by atoms with van der Waals surface area (Å²) >= 11 is 5.71. The van der Waals surface area contributed by atoms with Crippen molar-refractivity contribution >= 4 is 85.8 Å². The van der Waals surface area contributed by atoms with E-state index in [1.165, 1.54) is 23.9 Å². The number of thioether (sulfide) groups is 1. The normalized spacial score (nSPS) is 16.7. The van der Waals surface area contributed by atoms with E-state index in [9.17, 15) is 14.7 Å². The molecule has 0 saturated carbocycles. The number of carbonyl (C=O) groups excluding carboxylic acids is 1. The minimum absolute atomic E-state index is 0.137. The number of carboxylic acid groups (broad SMARTS) is 1. The highest BCUT2D eigenvalue weighted by molar-refractivity contribution is 14.1. The van der Waals surface area contributed by atoms with Crippen molar-refractivity contribution in [3.8, 4) is 5.75 Å². The molecule has 1 fully saturated rings. The largest absolute Gasteiger partial charge is 0.495 e. The first kappa shape index (κ1) is 22.1. The predicted molar refractivity (Wildman–Crippen MR) is 132 cm³/mol. The molecule has 0 aromatic heterocycles. The Hall–Kier alpha value is -1.60. The first-order valence-corrected chi connectivity index (χ1v) is 11.5. The van der Waals surface area contributed by atoms with Crippen LogP contribution in [0.5, 0.6) is 5.75 Å². The van der Waals surface area contributed by atoms with Gasteiger partial charge in [0.05, 0.1) is 26.8 Å². The van der Waals surface area contributed by atoms with Gasteiger partial charge in [0.2, 0.25) is 0 Å². The molecule has 1 aliphatic rings. The van der Waals surface area contributed by atoms with Gasteiger partial charge in [-0.25, -0.2) is 9.79 Å². The van der Waals surface area contributed by atoms with Crippen molar-refractivity contribution in [1.82, 2.24) is 4.90 Å². The zero-order valence-electron chi connectivity index (χ0n) is 15.5. The third-order valence-electron chi connectivity index (χ3n) is 4.05. The van der Waals surface area contributed by atoms with Crippen LogP contribution in [0, 0.1) is 7.14 Å². The number of hydrogen-bond acceptors (Lipinski definition) is 5. The summed E-state index contributed by atoms with van der Waals surface area (Å²) in [6.45, 7) is 2.33. The summed E-state index contributed by atoms with van der Waals surface area (Å²) in [7, 11) is 1.61. The van der Waals surface area contributed by atoms with E-state index in [0.29, 0.717) is 22.3 Å². The maximum Gasteiger partial charge on any atom is 0.335 e. The Labute approximate surface area is 199 Å². The van der Waals surface area contributed by atoms with Crippen molar-refractivity contribution in [2.45, 2.75) is 6.92 Å². The molecule has 9 heteroatoms. The highest BCUT2D eigenvalue weighted by Crippen LogP contribution is 2.37. The molecule has 1 saturated heterocycles. The van der Waals surface area contributed by atoms with E-state index >= 15 is 0 Å². The third kappa shape index (κ3) is 4.94. The van der Waals surface area contributed by atoms with Gasteiger partial charge in [-0.3, -0.25) is 9.69 Å². The Balaban J connectivity index is 2.01. The summed E-state index contributed by atoms with van der Waals surface area (Å²) in [4.78, 5) is 30.7. The van der Waals surface area contributed by atoms with E-state index in [2.05, 4.69) is 50.2 Å². The maximum atomic E-state index is 12.9. The van der Waals surface area contributed by atoms with Crippen LogP contribution in [-0.2, 0) is 4.79 Å². The van der Waals surface area contributed by atoms with Gasteiger partial charge in [-0.05, 0) is 100 Å². The van der Waals surface area contributed by atoms with E-state index in [4.69, 9.17) is 4.74 Å². The molecule has 1 amide bonds. The van der Waals surface area contributed by atoms with Crippen LogP contribution in [0.25, 0.3) is 6.08 Å². The number of ether oxygens (including phenoxy) is 1. The van der Waals surface area contributed by atoms with Crippen LogP contribution in [0.15, 0.2) is 46.3 Å². The van der Waals surface area contributed by atoms with E-state index < -0.39 is 5.97 Å². The number of benzene rings is 2. The molecule has 0 bridgehead atoms. The molecule has 0 radical (unpaired) electrons. The number of rotatable bonds is 5. The first-order valence-electron chi connectivity index (χ1n) is 8.50. The summed E-state index contributed by atoms with van der Waals surface area (Å²) in [5, 5.41) is 9.69. The van der Waals surface area contributed by atoms with Gasteiger partial charge < -0.3 is 9.84 Å². The van der Waals surface area contributed by atoms with Gasteiger partial charge in [0.1, 0.15) is 5.75 Å². The number of hydrogen-bond donors (Lipinski definition) is 1. The Bertz CT molecular complexity index is 1050. The number of aliphatic imine (C=N–C) groups is 1. The lowest BCUT2D eigenvalue weighted by molar-refractivity contribution is -0.122. The lowest BCUT2D eigenvalue weighted by Gasteiger charge is -2.12. The fraction of sp³-hybridized carbons (Fsp3) is 0.150. The summed E-state index contributed by atoms with van der Waals surface area (Å²) in [5.41, 5.74) is 1.46. The minimum Gasteiger partial charge on any atom is -0.495 e. The van der Waals surface area contributed by atoms with Crippen LogP contribution in [0.2, 0.25) is 0 Å². The summed E-state index contributed by atoms with van der Waals surface area (Å²) in [5.74, 6) is -0.438. The Morgan fingerprint density at radius 2 is 2.07 bits per heavy atom. The summed E-state index contributed by atoms with van der Waals surface area (Å²) in [6, 6.07) is 10.3. The third-order valence-corrected chi connectivity index (χ3v) is 6.48. The topological polar surface area (TPSA) is 79.2 Å². The second-order valence-corrected chi connectivity index (χ2v) is 9.34. The Morgan fingerprint density at radius 1 is 1.31 bits per heavy atom. The molecule has 150 valence electrons. The Kier molecular flexibility index (Phi) is 7.22. The second kappa shape index (κ2) is 9.47. The standard InChI is InChI=1S/C20H16I2N2O4S/c1-3-24-18(25)16(9-12-7-13(21)10-15(22)17(12)28-2)29-20(24)23-14-6-4-5-11(8-14)19(26)27/h4-10H,3H2,1-2H3,(H,26,27)/b16-9-,23-20?. The molecule has 0 unspecified atom stereocenters. The quantitative estimate of drug-likeness (QED) is 0.361.